The lowest BCUT2D eigenvalue weighted by molar-refractivity contribution is 0.977. The minimum atomic E-state index is -0.389. The van der Waals surface area contributed by atoms with Gasteiger partial charge in [0.15, 0.2) is 0 Å². The summed E-state index contributed by atoms with van der Waals surface area (Å²) in [5, 5.41) is 9.17. The zero-order chi connectivity index (χ0) is 10.6. The minimum Gasteiger partial charge on any atom is -0.306 e. The third-order valence-corrected chi connectivity index (χ3v) is 2.22. The first-order valence-corrected chi connectivity index (χ1v) is 5.16. The quantitative estimate of drug-likeness (QED) is 0.587. The maximum Gasteiger partial charge on any atom is 0.270 e. The lowest BCUT2D eigenvalue weighted by Crippen LogP contribution is -2.14. The first kappa shape index (κ1) is 10.5. The maximum absolute atomic E-state index is 11.4. The third kappa shape index (κ3) is 2.03. The van der Waals surface area contributed by atoms with E-state index in [2.05, 4.69) is 9.97 Å². The lowest BCUT2D eigenvalue weighted by atomic mass is 10.3. The largest absolute Gasteiger partial charge is 0.306 e. The predicted octanol–water partition coefficient (Wildman–Crippen LogP) is 1.40. The summed E-state index contributed by atoms with van der Waals surface area (Å²) in [5.41, 5.74) is -0.314. The van der Waals surface area contributed by atoms with E-state index in [1.165, 1.54) is 11.8 Å². The van der Waals surface area contributed by atoms with E-state index in [0.717, 1.165) is 0 Å². The van der Waals surface area contributed by atoms with Crippen LogP contribution >= 0.6 is 11.8 Å². The molecule has 0 aliphatic rings. The number of allylic oxidation sites excluding steroid dienone is 1. The Morgan fingerprint density at radius 3 is 2.86 bits per heavy atom. The van der Waals surface area contributed by atoms with E-state index in [9.17, 15) is 4.79 Å². The summed E-state index contributed by atoms with van der Waals surface area (Å²) < 4.78 is 0. The molecule has 14 heavy (non-hydrogen) atoms. The molecule has 1 heterocycles. The van der Waals surface area contributed by atoms with Gasteiger partial charge in [0.1, 0.15) is 22.5 Å². The van der Waals surface area contributed by atoms with E-state index in [0.29, 0.717) is 10.9 Å². The van der Waals surface area contributed by atoms with Gasteiger partial charge in [0.2, 0.25) is 0 Å². The highest BCUT2D eigenvalue weighted by atomic mass is 32.2. The molecule has 1 rings (SSSR count). The van der Waals surface area contributed by atoms with Crippen molar-refractivity contribution in [2.24, 2.45) is 0 Å². The van der Waals surface area contributed by atoms with E-state index >= 15 is 0 Å². The smallest absolute Gasteiger partial charge is 0.270 e. The molecule has 0 fully saturated rings. The van der Waals surface area contributed by atoms with Crippen molar-refractivity contribution in [3.8, 4) is 6.07 Å². The van der Waals surface area contributed by atoms with Crippen molar-refractivity contribution in [3.63, 3.8) is 0 Å². The molecule has 1 N–H and O–H groups in total. The van der Waals surface area contributed by atoms with Crippen LogP contribution in [0.2, 0.25) is 0 Å². The molecule has 0 saturated carbocycles. The normalized spacial score (nSPS) is 10.4. The zero-order valence-corrected chi connectivity index (χ0v) is 8.68. The average molecular weight is 207 g/mol. The van der Waals surface area contributed by atoms with Crippen molar-refractivity contribution in [2.45, 2.75) is 11.9 Å². The number of aromatic nitrogens is 2. The number of H-pyrrole nitrogens is 1. The van der Waals surface area contributed by atoms with Crippen molar-refractivity contribution in [3.05, 3.63) is 27.8 Å². The van der Waals surface area contributed by atoms with Crippen LogP contribution in [0, 0.1) is 11.3 Å². The number of hydrogen-bond donors (Lipinski definition) is 1. The predicted molar refractivity (Wildman–Crippen MR) is 56.1 cm³/mol. The van der Waals surface area contributed by atoms with Crippen molar-refractivity contribution < 1.29 is 0 Å². The Bertz CT molecular complexity index is 456. The molecule has 4 nitrogen and oxygen atoms in total. The SMILES string of the molecule is CC=Cc1nc(SC)c(C#N)c(=O)[nH]1. The second-order valence-electron chi connectivity index (χ2n) is 2.45. The molecule has 0 saturated heterocycles. The minimum absolute atomic E-state index is 0.0748. The molecule has 0 aromatic carbocycles. The number of nitrogens with one attached hydrogen (secondary N) is 1. The van der Waals surface area contributed by atoms with Gasteiger partial charge in [-0.05, 0) is 19.3 Å². The average Bonchev–Trinajstić information content (AvgIpc) is 2.17. The van der Waals surface area contributed by atoms with Gasteiger partial charge in [-0.3, -0.25) is 4.79 Å². The standard InChI is InChI=1S/C9H9N3OS/c1-3-4-7-11-8(13)6(5-10)9(12-7)14-2/h3-4H,1-2H3,(H,11,12,13). The van der Waals surface area contributed by atoms with E-state index in [1.807, 2.05) is 13.0 Å². The molecule has 0 radical (unpaired) electrons. The van der Waals surface area contributed by atoms with Gasteiger partial charge in [-0.25, -0.2) is 4.98 Å². The van der Waals surface area contributed by atoms with Crippen LogP contribution in [0.15, 0.2) is 15.9 Å². The van der Waals surface area contributed by atoms with Crippen LogP contribution in [-0.2, 0) is 0 Å². The van der Waals surface area contributed by atoms with Gasteiger partial charge >= 0.3 is 0 Å². The molecule has 0 aliphatic carbocycles. The van der Waals surface area contributed by atoms with Crippen LogP contribution < -0.4 is 5.56 Å². The van der Waals surface area contributed by atoms with Crippen LogP contribution in [0.5, 0.6) is 0 Å². The number of nitrogens with zero attached hydrogens (tertiary/aromatic N) is 2. The van der Waals surface area contributed by atoms with Gasteiger partial charge in [-0.2, -0.15) is 5.26 Å². The molecular formula is C9H9N3OS. The highest BCUT2D eigenvalue weighted by Crippen LogP contribution is 2.13. The fourth-order valence-corrected chi connectivity index (χ4v) is 1.48. The Morgan fingerprint density at radius 2 is 2.36 bits per heavy atom. The van der Waals surface area contributed by atoms with Crippen LogP contribution in [0.4, 0.5) is 0 Å². The molecule has 1 aromatic rings. The number of hydrogen-bond acceptors (Lipinski definition) is 4. The second kappa shape index (κ2) is 4.63. The number of thioether (sulfide) groups is 1. The molecule has 0 unspecified atom stereocenters. The molecule has 1 aromatic heterocycles. The monoisotopic (exact) mass is 207 g/mol. The fourth-order valence-electron chi connectivity index (χ4n) is 0.952. The van der Waals surface area contributed by atoms with Crippen LogP contribution in [0.25, 0.3) is 6.08 Å². The van der Waals surface area contributed by atoms with Crippen LogP contribution in [-0.4, -0.2) is 16.2 Å². The van der Waals surface area contributed by atoms with Gasteiger partial charge < -0.3 is 4.98 Å². The summed E-state index contributed by atoms with van der Waals surface area (Å²) in [7, 11) is 0. The van der Waals surface area contributed by atoms with Crippen LogP contribution in [0.1, 0.15) is 18.3 Å². The van der Waals surface area contributed by atoms with Gasteiger partial charge in [0.25, 0.3) is 5.56 Å². The first-order chi connectivity index (χ1) is 6.72. The highest BCUT2D eigenvalue weighted by Gasteiger charge is 2.08. The van der Waals surface area contributed by atoms with E-state index in [1.54, 1.807) is 18.4 Å². The molecule has 0 atom stereocenters. The molecule has 5 heteroatoms. The third-order valence-electron chi connectivity index (χ3n) is 1.53. The first-order valence-electron chi connectivity index (χ1n) is 3.94. The van der Waals surface area contributed by atoms with Crippen molar-refractivity contribution in [1.82, 2.24) is 9.97 Å². The molecule has 0 bridgehead atoms. The number of rotatable bonds is 2. The second-order valence-corrected chi connectivity index (χ2v) is 3.24. The van der Waals surface area contributed by atoms with Crippen molar-refractivity contribution >= 4 is 17.8 Å². The Kier molecular flexibility index (Phi) is 3.48. The Hall–Kier alpha value is -1.54. The zero-order valence-electron chi connectivity index (χ0n) is 7.87. The fraction of sp³-hybridized carbons (Fsp3) is 0.222. The van der Waals surface area contributed by atoms with Gasteiger partial charge in [-0.15, -0.1) is 11.8 Å². The Labute approximate surface area is 85.7 Å². The molecular weight excluding hydrogens is 198 g/mol. The topological polar surface area (TPSA) is 69.5 Å². The van der Waals surface area contributed by atoms with Gasteiger partial charge in [0.05, 0.1) is 0 Å². The molecule has 0 amide bonds. The van der Waals surface area contributed by atoms with E-state index < -0.39 is 0 Å². The summed E-state index contributed by atoms with van der Waals surface area (Å²) in [6.45, 7) is 1.83. The Morgan fingerprint density at radius 1 is 1.64 bits per heavy atom. The molecule has 72 valence electrons. The summed E-state index contributed by atoms with van der Waals surface area (Å²) in [6.07, 6.45) is 5.23. The van der Waals surface area contributed by atoms with E-state index in [-0.39, 0.29) is 11.1 Å². The lowest BCUT2D eigenvalue weighted by Gasteiger charge is -1.99. The van der Waals surface area contributed by atoms with E-state index in [4.69, 9.17) is 5.26 Å². The summed E-state index contributed by atoms with van der Waals surface area (Å²) in [4.78, 5) is 18.0. The molecule has 0 aliphatic heterocycles. The summed E-state index contributed by atoms with van der Waals surface area (Å²) >= 11 is 1.29. The van der Waals surface area contributed by atoms with Crippen LogP contribution in [0.3, 0.4) is 0 Å². The van der Waals surface area contributed by atoms with Gasteiger partial charge in [0, 0.05) is 0 Å². The maximum atomic E-state index is 11.4. The summed E-state index contributed by atoms with van der Waals surface area (Å²) in [6, 6.07) is 1.83. The number of nitriles is 1. The van der Waals surface area contributed by atoms with Crippen molar-refractivity contribution in [1.29, 1.82) is 5.26 Å². The van der Waals surface area contributed by atoms with Gasteiger partial charge in [-0.1, -0.05) is 6.08 Å². The molecule has 0 spiro atoms. The van der Waals surface area contributed by atoms with Crippen molar-refractivity contribution in [2.75, 3.05) is 6.26 Å². The Balaban J connectivity index is 3.41. The number of aromatic amines is 1. The summed E-state index contributed by atoms with van der Waals surface area (Å²) in [5.74, 6) is 0.473. The highest BCUT2D eigenvalue weighted by molar-refractivity contribution is 7.98.